The molecule has 0 unspecified atom stereocenters. The number of rotatable bonds is 5. The summed E-state index contributed by atoms with van der Waals surface area (Å²) in [5, 5.41) is 9.19. The molecule has 0 saturated carbocycles. The molecule has 0 saturated heterocycles. The van der Waals surface area contributed by atoms with E-state index < -0.39 is 0 Å². The number of ether oxygens (including phenoxy) is 1. The van der Waals surface area contributed by atoms with Crippen LogP contribution in [0.3, 0.4) is 0 Å². The zero-order chi connectivity index (χ0) is 13.8. The smallest absolute Gasteiger partial charge is 0.123 e. The van der Waals surface area contributed by atoms with Crippen LogP contribution in [0.15, 0.2) is 18.2 Å². The Balaban J connectivity index is 2.81. The molecule has 102 valence electrons. The fraction of sp³-hybridized carbons (Fsp3) is 0.600. The van der Waals surface area contributed by atoms with Crippen molar-refractivity contribution < 1.29 is 9.84 Å². The van der Waals surface area contributed by atoms with Gasteiger partial charge in [-0.3, -0.25) is 0 Å². The lowest BCUT2D eigenvalue weighted by Crippen LogP contribution is -2.29. The molecule has 3 heteroatoms. The van der Waals surface area contributed by atoms with Gasteiger partial charge in [0.05, 0.1) is 13.7 Å². The largest absolute Gasteiger partial charge is 0.496 e. The Labute approximate surface area is 110 Å². The van der Waals surface area contributed by atoms with Crippen LogP contribution in [-0.2, 0) is 13.2 Å². The molecule has 0 radical (unpaired) electrons. The summed E-state index contributed by atoms with van der Waals surface area (Å²) in [5.41, 5.74) is 2.32. The fourth-order valence-electron chi connectivity index (χ4n) is 2.21. The molecule has 1 aromatic carbocycles. The SMILES string of the molecule is COc1ccc(CO)cc1CN(C)CC(C)(C)C. The van der Waals surface area contributed by atoms with E-state index in [2.05, 4.69) is 32.7 Å². The predicted octanol–water partition coefficient (Wildman–Crippen LogP) is 2.67. The van der Waals surface area contributed by atoms with E-state index in [0.717, 1.165) is 30.0 Å². The first-order valence-corrected chi connectivity index (χ1v) is 6.31. The van der Waals surface area contributed by atoms with Gasteiger partial charge in [0.2, 0.25) is 0 Å². The highest BCUT2D eigenvalue weighted by Crippen LogP contribution is 2.23. The van der Waals surface area contributed by atoms with Crippen molar-refractivity contribution in [3.05, 3.63) is 29.3 Å². The maximum atomic E-state index is 9.19. The molecule has 1 rings (SSSR count). The summed E-state index contributed by atoms with van der Waals surface area (Å²) in [6, 6.07) is 5.83. The van der Waals surface area contributed by atoms with Crippen LogP contribution in [0, 0.1) is 5.41 Å². The van der Waals surface area contributed by atoms with Gasteiger partial charge in [0.15, 0.2) is 0 Å². The lowest BCUT2D eigenvalue weighted by atomic mass is 9.96. The first kappa shape index (κ1) is 15.0. The van der Waals surface area contributed by atoms with Gasteiger partial charge in [-0.05, 0) is 30.2 Å². The summed E-state index contributed by atoms with van der Waals surface area (Å²) in [6.45, 7) is 8.59. The van der Waals surface area contributed by atoms with Crippen molar-refractivity contribution in [2.24, 2.45) is 5.41 Å². The van der Waals surface area contributed by atoms with Crippen LogP contribution in [0.5, 0.6) is 5.75 Å². The van der Waals surface area contributed by atoms with Crippen LogP contribution >= 0.6 is 0 Å². The van der Waals surface area contributed by atoms with E-state index in [1.165, 1.54) is 0 Å². The van der Waals surface area contributed by atoms with Crippen molar-refractivity contribution in [1.82, 2.24) is 4.90 Å². The van der Waals surface area contributed by atoms with E-state index in [1.54, 1.807) is 7.11 Å². The minimum atomic E-state index is 0.0694. The van der Waals surface area contributed by atoms with Crippen molar-refractivity contribution in [2.45, 2.75) is 33.9 Å². The molecule has 0 aromatic heterocycles. The maximum absolute atomic E-state index is 9.19. The number of hydrogen-bond acceptors (Lipinski definition) is 3. The van der Waals surface area contributed by atoms with Gasteiger partial charge < -0.3 is 14.7 Å². The first-order valence-electron chi connectivity index (χ1n) is 6.31. The fourth-order valence-corrected chi connectivity index (χ4v) is 2.21. The van der Waals surface area contributed by atoms with Crippen molar-refractivity contribution >= 4 is 0 Å². The van der Waals surface area contributed by atoms with Crippen LogP contribution in [-0.4, -0.2) is 30.7 Å². The Morgan fingerprint density at radius 2 is 1.94 bits per heavy atom. The quantitative estimate of drug-likeness (QED) is 0.873. The Bertz CT molecular complexity index is 383. The molecule has 0 bridgehead atoms. The normalized spacial score (nSPS) is 11.9. The molecule has 0 atom stereocenters. The lowest BCUT2D eigenvalue weighted by molar-refractivity contribution is 0.218. The van der Waals surface area contributed by atoms with Gasteiger partial charge in [0.1, 0.15) is 5.75 Å². The lowest BCUT2D eigenvalue weighted by Gasteiger charge is -2.27. The average molecular weight is 251 g/mol. The van der Waals surface area contributed by atoms with E-state index in [4.69, 9.17) is 4.74 Å². The number of aliphatic hydroxyl groups excluding tert-OH is 1. The molecule has 0 aliphatic carbocycles. The monoisotopic (exact) mass is 251 g/mol. The summed E-state index contributed by atoms with van der Waals surface area (Å²) in [7, 11) is 3.79. The van der Waals surface area contributed by atoms with E-state index in [1.807, 2.05) is 18.2 Å². The molecular formula is C15H25NO2. The van der Waals surface area contributed by atoms with E-state index in [9.17, 15) is 5.11 Å². The first-order chi connectivity index (χ1) is 8.35. The highest BCUT2D eigenvalue weighted by atomic mass is 16.5. The summed E-state index contributed by atoms with van der Waals surface area (Å²) >= 11 is 0. The van der Waals surface area contributed by atoms with Crippen molar-refractivity contribution in [2.75, 3.05) is 20.7 Å². The number of methoxy groups -OCH3 is 1. The van der Waals surface area contributed by atoms with E-state index in [-0.39, 0.29) is 12.0 Å². The molecule has 18 heavy (non-hydrogen) atoms. The number of benzene rings is 1. The third-order valence-electron chi connectivity index (χ3n) is 2.71. The Kier molecular flexibility index (Phi) is 5.17. The van der Waals surface area contributed by atoms with Gasteiger partial charge >= 0.3 is 0 Å². The second-order valence-electron chi connectivity index (χ2n) is 6.04. The molecule has 3 nitrogen and oxygen atoms in total. The molecule has 1 aromatic rings. The third-order valence-corrected chi connectivity index (χ3v) is 2.71. The minimum absolute atomic E-state index is 0.0694. The van der Waals surface area contributed by atoms with Gasteiger partial charge in [0, 0.05) is 18.7 Å². The Morgan fingerprint density at radius 3 is 2.44 bits per heavy atom. The molecular weight excluding hydrogens is 226 g/mol. The summed E-state index contributed by atoms with van der Waals surface area (Å²) in [5.74, 6) is 0.882. The van der Waals surface area contributed by atoms with Gasteiger partial charge in [-0.1, -0.05) is 26.8 Å². The minimum Gasteiger partial charge on any atom is -0.496 e. The Morgan fingerprint density at radius 1 is 1.28 bits per heavy atom. The summed E-state index contributed by atoms with van der Waals surface area (Å²) < 4.78 is 5.37. The molecule has 1 N–H and O–H groups in total. The van der Waals surface area contributed by atoms with Crippen molar-refractivity contribution in [3.8, 4) is 5.75 Å². The van der Waals surface area contributed by atoms with Crippen LogP contribution in [0.2, 0.25) is 0 Å². The molecule has 0 spiro atoms. The van der Waals surface area contributed by atoms with Crippen LogP contribution < -0.4 is 4.74 Å². The number of hydrogen-bond donors (Lipinski definition) is 1. The van der Waals surface area contributed by atoms with Crippen molar-refractivity contribution in [3.63, 3.8) is 0 Å². The van der Waals surface area contributed by atoms with Gasteiger partial charge in [0.25, 0.3) is 0 Å². The predicted molar refractivity (Wildman–Crippen MR) is 74.7 cm³/mol. The van der Waals surface area contributed by atoms with Gasteiger partial charge in [-0.15, -0.1) is 0 Å². The van der Waals surface area contributed by atoms with E-state index in [0.29, 0.717) is 0 Å². The Hall–Kier alpha value is -1.06. The zero-order valence-corrected chi connectivity index (χ0v) is 12.2. The number of aliphatic hydroxyl groups is 1. The average Bonchev–Trinajstić information content (AvgIpc) is 2.26. The van der Waals surface area contributed by atoms with Crippen LogP contribution in [0.25, 0.3) is 0 Å². The second kappa shape index (κ2) is 6.21. The number of nitrogens with zero attached hydrogens (tertiary/aromatic N) is 1. The standard InChI is InChI=1S/C15H25NO2/c1-15(2,3)11-16(4)9-13-8-12(10-17)6-7-14(13)18-5/h6-8,17H,9-11H2,1-5H3. The molecule has 0 fully saturated rings. The molecule has 0 aliphatic rings. The molecule has 0 heterocycles. The van der Waals surface area contributed by atoms with Gasteiger partial charge in [-0.25, -0.2) is 0 Å². The van der Waals surface area contributed by atoms with Crippen LogP contribution in [0.1, 0.15) is 31.9 Å². The highest BCUT2D eigenvalue weighted by molar-refractivity contribution is 5.37. The summed E-state index contributed by atoms with van der Waals surface area (Å²) in [4.78, 5) is 2.28. The topological polar surface area (TPSA) is 32.7 Å². The second-order valence-corrected chi connectivity index (χ2v) is 6.04. The summed E-state index contributed by atoms with van der Waals surface area (Å²) in [6.07, 6.45) is 0. The maximum Gasteiger partial charge on any atom is 0.123 e. The van der Waals surface area contributed by atoms with Crippen molar-refractivity contribution in [1.29, 1.82) is 0 Å². The van der Waals surface area contributed by atoms with Gasteiger partial charge in [-0.2, -0.15) is 0 Å². The highest BCUT2D eigenvalue weighted by Gasteiger charge is 2.15. The molecule has 0 amide bonds. The zero-order valence-electron chi connectivity index (χ0n) is 12.2. The molecule has 0 aliphatic heterocycles. The van der Waals surface area contributed by atoms with Crippen LogP contribution in [0.4, 0.5) is 0 Å². The third kappa shape index (κ3) is 4.67. The van der Waals surface area contributed by atoms with E-state index >= 15 is 0 Å².